The lowest BCUT2D eigenvalue weighted by Gasteiger charge is -2.25. The second kappa shape index (κ2) is 11.2. The molecule has 1 unspecified atom stereocenters. The van der Waals surface area contributed by atoms with E-state index in [0.29, 0.717) is 41.0 Å². The fourth-order valence-electron chi connectivity index (χ4n) is 4.24. The van der Waals surface area contributed by atoms with Crippen LogP contribution < -0.4 is 14.2 Å². The molecule has 192 valence electrons. The number of aliphatic hydroxyl groups is 1. The normalized spacial score (nSPS) is 16.8. The molecule has 0 spiro atoms. The number of rotatable bonds is 9. The van der Waals surface area contributed by atoms with Crippen molar-refractivity contribution in [2.24, 2.45) is 5.92 Å². The van der Waals surface area contributed by atoms with Gasteiger partial charge in [0.25, 0.3) is 11.7 Å². The molecular weight excluding hydrogens is 472 g/mol. The van der Waals surface area contributed by atoms with Crippen molar-refractivity contribution >= 4 is 17.4 Å². The zero-order chi connectivity index (χ0) is 26.5. The minimum Gasteiger partial charge on any atom is -0.507 e. The van der Waals surface area contributed by atoms with Gasteiger partial charge in [-0.25, -0.2) is 0 Å². The van der Waals surface area contributed by atoms with E-state index in [2.05, 4.69) is 4.98 Å². The van der Waals surface area contributed by atoms with Crippen molar-refractivity contribution in [3.63, 3.8) is 0 Å². The summed E-state index contributed by atoms with van der Waals surface area (Å²) < 4.78 is 16.7. The maximum atomic E-state index is 13.4. The van der Waals surface area contributed by atoms with Crippen LogP contribution in [0, 0.1) is 5.92 Å². The third-order valence-corrected chi connectivity index (χ3v) is 6.02. The summed E-state index contributed by atoms with van der Waals surface area (Å²) in [6.07, 6.45) is 1.63. The number of hydrogen-bond donors (Lipinski definition) is 1. The van der Waals surface area contributed by atoms with Crippen LogP contribution in [0.3, 0.4) is 0 Å². The predicted octanol–water partition coefficient (Wildman–Crippen LogP) is 4.76. The van der Waals surface area contributed by atoms with E-state index in [1.165, 1.54) is 19.1 Å². The van der Waals surface area contributed by atoms with Gasteiger partial charge >= 0.3 is 0 Å². The van der Waals surface area contributed by atoms with E-state index < -0.39 is 17.7 Å². The van der Waals surface area contributed by atoms with Gasteiger partial charge in [-0.05, 0) is 53.9 Å². The Hall–Kier alpha value is -4.33. The van der Waals surface area contributed by atoms with E-state index in [4.69, 9.17) is 14.2 Å². The lowest BCUT2D eigenvalue weighted by Crippen LogP contribution is -2.29. The highest BCUT2D eigenvalue weighted by molar-refractivity contribution is 6.46. The predicted molar refractivity (Wildman–Crippen MR) is 138 cm³/mol. The minimum atomic E-state index is -0.875. The molecular formula is C29H30N2O6. The Labute approximate surface area is 216 Å². The summed E-state index contributed by atoms with van der Waals surface area (Å²) in [5, 5.41) is 11.5. The van der Waals surface area contributed by atoms with E-state index in [1.54, 1.807) is 54.7 Å². The highest BCUT2D eigenvalue weighted by Gasteiger charge is 2.46. The van der Waals surface area contributed by atoms with Gasteiger partial charge in [0.1, 0.15) is 23.0 Å². The summed E-state index contributed by atoms with van der Waals surface area (Å²) in [4.78, 5) is 32.5. The van der Waals surface area contributed by atoms with Crippen molar-refractivity contribution < 1.29 is 28.9 Å². The zero-order valence-electron chi connectivity index (χ0n) is 21.3. The Bertz CT molecular complexity index is 1320. The first-order chi connectivity index (χ1) is 17.8. The molecule has 1 aromatic heterocycles. The third kappa shape index (κ3) is 5.43. The number of ketones is 1. The van der Waals surface area contributed by atoms with E-state index in [9.17, 15) is 14.7 Å². The molecule has 2 heterocycles. The Balaban J connectivity index is 1.88. The van der Waals surface area contributed by atoms with E-state index in [-0.39, 0.29) is 23.4 Å². The number of methoxy groups -OCH3 is 2. The van der Waals surface area contributed by atoms with Crippen molar-refractivity contribution in [3.8, 4) is 17.2 Å². The first-order valence-electron chi connectivity index (χ1n) is 12.0. The zero-order valence-corrected chi connectivity index (χ0v) is 21.3. The lowest BCUT2D eigenvalue weighted by atomic mass is 9.94. The molecule has 1 aliphatic rings. The first kappa shape index (κ1) is 25.8. The molecule has 1 amide bonds. The van der Waals surface area contributed by atoms with Crippen LogP contribution in [0.5, 0.6) is 17.2 Å². The van der Waals surface area contributed by atoms with E-state index in [0.717, 1.165) is 0 Å². The molecule has 0 aliphatic carbocycles. The van der Waals surface area contributed by atoms with Crippen LogP contribution in [0.2, 0.25) is 0 Å². The van der Waals surface area contributed by atoms with Crippen LogP contribution in [0.1, 0.15) is 36.7 Å². The Morgan fingerprint density at radius 2 is 1.81 bits per heavy atom. The van der Waals surface area contributed by atoms with Crippen LogP contribution in [-0.4, -0.2) is 47.5 Å². The average Bonchev–Trinajstić information content (AvgIpc) is 3.16. The topological polar surface area (TPSA) is 98.2 Å². The van der Waals surface area contributed by atoms with Gasteiger partial charge in [0.15, 0.2) is 0 Å². The standard InChI is InChI=1S/C29H30N2O6/c1-18(2)17-37-22-10-7-8-19(14-22)26-25(27(32)23-15-21(35-3)11-12-24(23)36-4)28(33)29(34)31(26)16-20-9-5-6-13-30-20/h5-15,18,26,32H,16-17H2,1-4H3/b27-25+. The van der Waals surface area contributed by atoms with Crippen LogP contribution in [0.25, 0.3) is 5.76 Å². The molecule has 2 aromatic carbocycles. The number of ether oxygens (including phenoxy) is 3. The number of nitrogens with zero attached hydrogens (tertiary/aromatic N) is 2. The SMILES string of the molecule is COc1ccc(OC)c(/C(O)=C2\C(=O)C(=O)N(Cc3ccccn3)C2c2cccc(OCC(C)C)c2)c1. The van der Waals surface area contributed by atoms with Gasteiger partial charge in [0.2, 0.25) is 0 Å². The minimum absolute atomic E-state index is 0.0477. The summed E-state index contributed by atoms with van der Waals surface area (Å²) >= 11 is 0. The average molecular weight is 503 g/mol. The second-order valence-electron chi connectivity index (χ2n) is 9.09. The van der Waals surface area contributed by atoms with Gasteiger partial charge in [0.05, 0.1) is 50.2 Å². The van der Waals surface area contributed by atoms with Crippen LogP contribution in [-0.2, 0) is 16.1 Å². The summed E-state index contributed by atoms with van der Waals surface area (Å²) in [5.41, 5.74) is 1.43. The number of carbonyl (C=O) groups is 2. The second-order valence-corrected chi connectivity index (χ2v) is 9.09. The number of carbonyl (C=O) groups excluding carboxylic acids is 2. The van der Waals surface area contributed by atoms with Crippen LogP contribution in [0.4, 0.5) is 0 Å². The summed E-state index contributed by atoms with van der Waals surface area (Å²) in [7, 11) is 2.96. The van der Waals surface area contributed by atoms with Crippen LogP contribution >= 0.6 is 0 Å². The summed E-state index contributed by atoms with van der Waals surface area (Å²) in [6.45, 7) is 4.69. The summed E-state index contributed by atoms with van der Waals surface area (Å²) in [6, 6.07) is 16.6. The molecule has 4 rings (SSSR count). The quantitative estimate of drug-likeness (QED) is 0.256. The molecule has 1 aliphatic heterocycles. The van der Waals surface area contributed by atoms with Gasteiger partial charge in [-0.2, -0.15) is 0 Å². The molecule has 0 saturated carbocycles. The highest BCUT2D eigenvalue weighted by Crippen LogP contribution is 2.42. The number of likely N-dealkylation sites (tertiary alicyclic amines) is 1. The molecule has 1 atom stereocenters. The maximum Gasteiger partial charge on any atom is 0.296 e. The van der Waals surface area contributed by atoms with Crippen LogP contribution in [0.15, 0.2) is 72.4 Å². The Kier molecular flexibility index (Phi) is 7.77. The van der Waals surface area contributed by atoms with E-state index in [1.807, 2.05) is 26.0 Å². The van der Waals surface area contributed by atoms with Gasteiger partial charge in [-0.15, -0.1) is 0 Å². The number of benzene rings is 2. The van der Waals surface area contributed by atoms with Gasteiger partial charge in [0, 0.05) is 6.20 Å². The monoisotopic (exact) mass is 502 g/mol. The number of aromatic nitrogens is 1. The van der Waals surface area contributed by atoms with Gasteiger partial charge in [-0.1, -0.05) is 32.0 Å². The Morgan fingerprint density at radius 1 is 1.00 bits per heavy atom. The molecule has 0 radical (unpaired) electrons. The molecule has 8 heteroatoms. The number of amides is 1. The molecule has 3 aromatic rings. The van der Waals surface area contributed by atoms with Crippen molar-refractivity contribution in [1.29, 1.82) is 0 Å². The van der Waals surface area contributed by atoms with Gasteiger partial charge < -0.3 is 24.2 Å². The fraction of sp³-hybridized carbons (Fsp3) is 0.276. The lowest BCUT2D eigenvalue weighted by molar-refractivity contribution is -0.140. The number of aliphatic hydroxyl groups excluding tert-OH is 1. The molecule has 1 N–H and O–H groups in total. The van der Waals surface area contributed by atoms with Crippen molar-refractivity contribution in [2.45, 2.75) is 26.4 Å². The first-order valence-corrected chi connectivity index (χ1v) is 12.0. The van der Waals surface area contributed by atoms with Gasteiger partial charge in [-0.3, -0.25) is 14.6 Å². The smallest absolute Gasteiger partial charge is 0.296 e. The number of Topliss-reactive ketones (excluding diaryl/α,β-unsaturated/α-hetero) is 1. The van der Waals surface area contributed by atoms with E-state index >= 15 is 0 Å². The van der Waals surface area contributed by atoms with Crippen molar-refractivity contribution in [3.05, 3.63) is 89.3 Å². The maximum absolute atomic E-state index is 13.4. The third-order valence-electron chi connectivity index (χ3n) is 6.02. The fourth-order valence-corrected chi connectivity index (χ4v) is 4.24. The molecule has 8 nitrogen and oxygen atoms in total. The van der Waals surface area contributed by atoms with Crippen molar-refractivity contribution in [1.82, 2.24) is 9.88 Å². The highest BCUT2D eigenvalue weighted by atomic mass is 16.5. The largest absolute Gasteiger partial charge is 0.507 e. The summed E-state index contributed by atoms with van der Waals surface area (Å²) in [5.74, 6) is -0.152. The number of pyridine rings is 1. The molecule has 1 saturated heterocycles. The van der Waals surface area contributed by atoms with Crippen molar-refractivity contribution in [2.75, 3.05) is 20.8 Å². The Morgan fingerprint density at radius 3 is 2.49 bits per heavy atom. The number of hydrogen-bond acceptors (Lipinski definition) is 7. The molecule has 0 bridgehead atoms. The molecule has 37 heavy (non-hydrogen) atoms. The molecule has 1 fully saturated rings.